The lowest BCUT2D eigenvalue weighted by Gasteiger charge is -2.28. The van der Waals surface area contributed by atoms with E-state index in [9.17, 15) is 4.39 Å². The van der Waals surface area contributed by atoms with Crippen LogP contribution in [0.15, 0.2) is 54.7 Å². The van der Waals surface area contributed by atoms with Crippen molar-refractivity contribution in [2.75, 3.05) is 4.90 Å². The predicted molar refractivity (Wildman–Crippen MR) is 109 cm³/mol. The Balaban J connectivity index is 1.91. The van der Waals surface area contributed by atoms with E-state index < -0.39 is 0 Å². The Hall–Kier alpha value is -2.73. The zero-order valence-corrected chi connectivity index (χ0v) is 16.3. The van der Waals surface area contributed by atoms with Crippen LogP contribution in [0.1, 0.15) is 34.7 Å². The Morgan fingerprint density at radius 3 is 2.48 bits per heavy atom. The van der Waals surface area contributed by atoms with E-state index in [4.69, 9.17) is 12.2 Å². The predicted octanol–water partition coefficient (Wildman–Crippen LogP) is 4.35. The molecule has 3 heterocycles. The molecule has 27 heavy (non-hydrogen) atoms. The van der Waals surface area contributed by atoms with E-state index in [1.165, 1.54) is 6.07 Å². The van der Waals surface area contributed by atoms with Gasteiger partial charge in [-0.15, -0.1) is 0 Å². The van der Waals surface area contributed by atoms with Crippen molar-refractivity contribution in [2.24, 2.45) is 7.05 Å². The Morgan fingerprint density at radius 2 is 1.85 bits per heavy atom. The number of pyridine rings is 1. The molecule has 1 aromatic carbocycles. The van der Waals surface area contributed by atoms with E-state index in [0.29, 0.717) is 10.8 Å². The molecule has 1 aliphatic heterocycles. The molecule has 4 rings (SSSR count). The van der Waals surface area contributed by atoms with Gasteiger partial charge in [0.1, 0.15) is 5.82 Å². The Kier molecular flexibility index (Phi) is 4.44. The van der Waals surface area contributed by atoms with Crippen LogP contribution in [0.3, 0.4) is 0 Å². The second kappa shape index (κ2) is 6.78. The lowest BCUT2D eigenvalue weighted by molar-refractivity contribution is 0.555. The van der Waals surface area contributed by atoms with Crippen LogP contribution in [-0.4, -0.2) is 14.7 Å². The summed E-state index contributed by atoms with van der Waals surface area (Å²) in [6.07, 6.45) is 1.77. The smallest absolute Gasteiger partial charge is 0.174 e. The number of aromatic nitrogens is 2. The van der Waals surface area contributed by atoms with Crippen LogP contribution in [0.4, 0.5) is 10.1 Å². The highest BCUT2D eigenvalue weighted by molar-refractivity contribution is 7.80. The summed E-state index contributed by atoms with van der Waals surface area (Å²) in [5, 5.41) is 3.87. The Morgan fingerprint density at radius 1 is 1.11 bits per heavy atom. The van der Waals surface area contributed by atoms with Crippen LogP contribution < -0.4 is 10.2 Å². The number of aryl methyl sites for hydroxylation is 1. The largest absolute Gasteiger partial charge is 0.352 e. The second-order valence-electron chi connectivity index (χ2n) is 6.83. The third-order valence-electron chi connectivity index (χ3n) is 5.34. The van der Waals surface area contributed by atoms with Crippen molar-refractivity contribution in [3.05, 3.63) is 83.2 Å². The maximum Gasteiger partial charge on any atom is 0.174 e. The summed E-state index contributed by atoms with van der Waals surface area (Å²) >= 11 is 5.63. The number of hydrogen-bond donors (Lipinski definition) is 1. The minimum absolute atomic E-state index is 0.168. The summed E-state index contributed by atoms with van der Waals surface area (Å²) in [5.41, 5.74) is 4.74. The summed E-state index contributed by atoms with van der Waals surface area (Å²) in [6.45, 7) is 4.15. The summed E-state index contributed by atoms with van der Waals surface area (Å²) in [7, 11) is 2.04. The molecule has 2 unspecified atom stereocenters. The molecule has 6 heteroatoms. The molecule has 4 nitrogen and oxygen atoms in total. The fourth-order valence-corrected chi connectivity index (χ4v) is 4.10. The van der Waals surface area contributed by atoms with Gasteiger partial charge in [0.15, 0.2) is 5.11 Å². The van der Waals surface area contributed by atoms with Gasteiger partial charge in [0.25, 0.3) is 0 Å². The minimum atomic E-state index is -0.293. The number of anilines is 1. The number of thiocarbonyl (C=S) groups is 1. The van der Waals surface area contributed by atoms with Crippen molar-refractivity contribution in [2.45, 2.75) is 25.9 Å². The van der Waals surface area contributed by atoms with Gasteiger partial charge in [-0.05, 0) is 62.0 Å². The molecule has 1 aliphatic rings. The first-order valence-corrected chi connectivity index (χ1v) is 9.28. The maximum absolute atomic E-state index is 14.7. The normalized spacial score (nSPS) is 19.4. The van der Waals surface area contributed by atoms with Crippen LogP contribution in [-0.2, 0) is 7.05 Å². The first-order chi connectivity index (χ1) is 13.0. The third-order valence-corrected chi connectivity index (χ3v) is 5.66. The summed E-state index contributed by atoms with van der Waals surface area (Å²) in [4.78, 5) is 6.41. The number of nitrogens with one attached hydrogen (secondary N) is 1. The number of rotatable bonds is 3. The highest BCUT2D eigenvalue weighted by Gasteiger charge is 2.42. The summed E-state index contributed by atoms with van der Waals surface area (Å²) in [5.74, 6) is -0.293. The standard InChI is InChI=1S/C21H21FN4S/c1-13-12-15(14(2)25(13)3)20-19(17-9-6-7-11-23-17)24-21(27)26(20)18-10-5-4-8-16(18)22/h4-12,19-20H,1-3H3,(H,24,27). The lowest BCUT2D eigenvalue weighted by Crippen LogP contribution is -2.30. The second-order valence-corrected chi connectivity index (χ2v) is 7.22. The molecule has 0 saturated carbocycles. The number of para-hydroxylation sites is 1. The molecular formula is C21H21FN4S. The lowest BCUT2D eigenvalue weighted by atomic mass is 9.96. The summed E-state index contributed by atoms with van der Waals surface area (Å²) in [6, 6.07) is 14.4. The van der Waals surface area contributed by atoms with Crippen LogP contribution >= 0.6 is 12.2 Å². The topological polar surface area (TPSA) is 33.1 Å². The maximum atomic E-state index is 14.7. The molecule has 2 atom stereocenters. The van der Waals surface area contributed by atoms with Gasteiger partial charge in [0.05, 0.1) is 23.5 Å². The molecule has 1 fully saturated rings. The molecule has 0 bridgehead atoms. The van der Waals surface area contributed by atoms with Crippen molar-refractivity contribution in [1.29, 1.82) is 0 Å². The first-order valence-electron chi connectivity index (χ1n) is 8.87. The molecule has 2 aromatic heterocycles. The van der Waals surface area contributed by atoms with Gasteiger partial charge in [-0.3, -0.25) is 4.98 Å². The van der Waals surface area contributed by atoms with Gasteiger partial charge in [-0.1, -0.05) is 18.2 Å². The van der Waals surface area contributed by atoms with Gasteiger partial charge in [-0.25, -0.2) is 4.39 Å². The van der Waals surface area contributed by atoms with Gasteiger partial charge in [-0.2, -0.15) is 0 Å². The number of hydrogen-bond acceptors (Lipinski definition) is 2. The van der Waals surface area contributed by atoms with Crippen molar-refractivity contribution in [1.82, 2.24) is 14.9 Å². The molecule has 138 valence electrons. The fourth-order valence-electron chi connectivity index (χ4n) is 3.76. The quantitative estimate of drug-likeness (QED) is 0.685. The van der Waals surface area contributed by atoms with E-state index in [0.717, 1.165) is 22.6 Å². The highest BCUT2D eigenvalue weighted by Crippen LogP contribution is 2.43. The van der Waals surface area contributed by atoms with Crippen molar-refractivity contribution in [3.8, 4) is 0 Å². The van der Waals surface area contributed by atoms with Crippen molar-refractivity contribution < 1.29 is 4.39 Å². The fraction of sp³-hybridized carbons (Fsp3) is 0.238. The first kappa shape index (κ1) is 17.7. The van der Waals surface area contributed by atoms with E-state index in [-0.39, 0.29) is 17.9 Å². The molecule has 1 saturated heterocycles. The SMILES string of the molecule is Cc1cc(C2C(c3ccccn3)NC(=S)N2c2ccccc2F)c(C)n1C. The monoisotopic (exact) mass is 380 g/mol. The van der Waals surface area contributed by atoms with Gasteiger partial charge >= 0.3 is 0 Å². The summed E-state index contributed by atoms with van der Waals surface area (Å²) < 4.78 is 16.8. The molecule has 1 N–H and O–H groups in total. The van der Waals surface area contributed by atoms with E-state index in [2.05, 4.69) is 34.8 Å². The average Bonchev–Trinajstić information content (AvgIpc) is 3.14. The highest BCUT2D eigenvalue weighted by atomic mass is 32.1. The van der Waals surface area contributed by atoms with Crippen LogP contribution in [0.2, 0.25) is 0 Å². The Labute approximate surface area is 163 Å². The molecule has 0 amide bonds. The zero-order chi connectivity index (χ0) is 19.1. The van der Waals surface area contributed by atoms with Crippen LogP contribution in [0.25, 0.3) is 0 Å². The van der Waals surface area contributed by atoms with Crippen molar-refractivity contribution >= 4 is 23.0 Å². The molecule has 0 radical (unpaired) electrons. The third kappa shape index (κ3) is 2.90. The number of nitrogens with zero attached hydrogens (tertiary/aromatic N) is 3. The van der Waals surface area contributed by atoms with Crippen LogP contribution in [0, 0.1) is 19.7 Å². The zero-order valence-electron chi connectivity index (χ0n) is 15.5. The van der Waals surface area contributed by atoms with Gasteiger partial charge < -0.3 is 14.8 Å². The van der Waals surface area contributed by atoms with E-state index in [1.54, 1.807) is 18.3 Å². The number of halogens is 1. The Bertz CT molecular complexity index is 999. The molecule has 0 aliphatic carbocycles. The van der Waals surface area contributed by atoms with Crippen molar-refractivity contribution in [3.63, 3.8) is 0 Å². The van der Waals surface area contributed by atoms with E-state index in [1.807, 2.05) is 36.2 Å². The number of benzene rings is 1. The molecule has 3 aromatic rings. The van der Waals surface area contributed by atoms with Crippen LogP contribution in [0.5, 0.6) is 0 Å². The average molecular weight is 380 g/mol. The van der Waals surface area contributed by atoms with Gasteiger partial charge in [0.2, 0.25) is 0 Å². The minimum Gasteiger partial charge on any atom is -0.352 e. The van der Waals surface area contributed by atoms with Gasteiger partial charge in [0, 0.05) is 24.6 Å². The molecule has 0 spiro atoms. The van der Waals surface area contributed by atoms with E-state index >= 15 is 0 Å². The molecular weight excluding hydrogens is 359 g/mol.